The van der Waals surface area contributed by atoms with Crippen molar-refractivity contribution in [1.29, 1.82) is 0 Å². The average Bonchev–Trinajstić information content (AvgIpc) is 2.51. The van der Waals surface area contributed by atoms with Gasteiger partial charge in [0.15, 0.2) is 0 Å². The van der Waals surface area contributed by atoms with Gasteiger partial charge < -0.3 is 14.9 Å². The van der Waals surface area contributed by atoms with Crippen molar-refractivity contribution in [3.05, 3.63) is 34.9 Å². The fourth-order valence-electron chi connectivity index (χ4n) is 2.35. The fraction of sp³-hybridized carbons (Fsp3) is 0.562. The summed E-state index contributed by atoms with van der Waals surface area (Å²) in [7, 11) is 0. The lowest BCUT2D eigenvalue weighted by Gasteiger charge is -2.28. The zero-order valence-electron chi connectivity index (χ0n) is 12.6. The quantitative estimate of drug-likeness (QED) is 0.553. The van der Waals surface area contributed by atoms with Gasteiger partial charge in [-0.2, -0.15) is 0 Å². The van der Waals surface area contributed by atoms with Crippen molar-refractivity contribution < 1.29 is 19.7 Å². The number of alkyl halides is 1. The summed E-state index contributed by atoms with van der Waals surface area (Å²) in [4.78, 5) is 12.4. The highest BCUT2D eigenvalue weighted by atomic mass is 79.9. The third-order valence-electron chi connectivity index (χ3n) is 3.72. The first-order chi connectivity index (χ1) is 10.0. The van der Waals surface area contributed by atoms with Crippen molar-refractivity contribution in [3.8, 4) is 0 Å². The van der Waals surface area contributed by atoms with Crippen LogP contribution in [0.4, 0.5) is 0 Å². The number of benzene rings is 1. The lowest BCUT2D eigenvalue weighted by Crippen LogP contribution is -2.35. The maximum Gasteiger partial charge on any atom is 0.316 e. The summed E-state index contributed by atoms with van der Waals surface area (Å²) in [5, 5.41) is 19.5. The van der Waals surface area contributed by atoms with Gasteiger partial charge in [-0.05, 0) is 43.4 Å². The predicted octanol–water partition coefficient (Wildman–Crippen LogP) is 2.67. The number of carbonyl (C=O) groups is 1. The summed E-state index contributed by atoms with van der Waals surface area (Å²) in [5.74, 6) is -0.258. The van der Waals surface area contributed by atoms with Gasteiger partial charge in [0.05, 0.1) is 25.2 Å². The Balaban J connectivity index is 3.22. The van der Waals surface area contributed by atoms with Crippen LogP contribution in [0.2, 0.25) is 0 Å². The topological polar surface area (TPSA) is 66.8 Å². The molecular weight excluding hydrogens is 336 g/mol. The Morgan fingerprint density at radius 3 is 2.48 bits per heavy atom. The third-order valence-corrected chi connectivity index (χ3v) is 4.28. The van der Waals surface area contributed by atoms with Crippen molar-refractivity contribution in [2.24, 2.45) is 0 Å². The number of carbonyl (C=O) groups excluding carboxylic acids is 1. The number of aliphatic hydroxyl groups excluding tert-OH is 2. The van der Waals surface area contributed by atoms with Gasteiger partial charge in [0.2, 0.25) is 0 Å². The second kappa shape index (κ2) is 8.51. The molecule has 118 valence electrons. The molecule has 0 spiro atoms. The van der Waals surface area contributed by atoms with E-state index in [0.29, 0.717) is 24.2 Å². The highest BCUT2D eigenvalue weighted by molar-refractivity contribution is 9.09. The van der Waals surface area contributed by atoms with E-state index in [1.165, 1.54) is 0 Å². The van der Waals surface area contributed by atoms with Crippen LogP contribution in [-0.2, 0) is 28.2 Å². The summed E-state index contributed by atoms with van der Waals surface area (Å²) < 4.78 is 5.22. The number of esters is 1. The van der Waals surface area contributed by atoms with Crippen LogP contribution in [0, 0.1) is 0 Å². The monoisotopic (exact) mass is 358 g/mol. The van der Waals surface area contributed by atoms with Crippen LogP contribution in [-0.4, -0.2) is 28.1 Å². The average molecular weight is 359 g/mol. The van der Waals surface area contributed by atoms with E-state index in [9.17, 15) is 15.0 Å². The van der Waals surface area contributed by atoms with Gasteiger partial charge in [0.25, 0.3) is 0 Å². The molecule has 0 saturated carbocycles. The molecule has 1 rings (SSSR count). The number of hydrogen-bond donors (Lipinski definition) is 2. The lowest BCUT2D eigenvalue weighted by atomic mass is 9.77. The van der Waals surface area contributed by atoms with E-state index in [4.69, 9.17) is 4.74 Å². The molecule has 0 bridgehead atoms. The SMILES string of the molecule is CCOC(=O)C(C)(CCCBr)c1ccc(CO)c(CO)c1. The fourth-order valence-corrected chi connectivity index (χ4v) is 2.63. The molecule has 21 heavy (non-hydrogen) atoms. The van der Waals surface area contributed by atoms with Gasteiger partial charge in [0, 0.05) is 5.33 Å². The minimum absolute atomic E-state index is 0.131. The zero-order valence-corrected chi connectivity index (χ0v) is 14.1. The van der Waals surface area contributed by atoms with Gasteiger partial charge in [0.1, 0.15) is 0 Å². The van der Waals surface area contributed by atoms with E-state index < -0.39 is 5.41 Å². The smallest absolute Gasteiger partial charge is 0.316 e. The molecule has 0 aliphatic rings. The molecule has 1 atom stereocenters. The Morgan fingerprint density at radius 2 is 1.95 bits per heavy atom. The molecule has 0 heterocycles. The van der Waals surface area contributed by atoms with Crippen LogP contribution < -0.4 is 0 Å². The van der Waals surface area contributed by atoms with Crippen molar-refractivity contribution in [1.82, 2.24) is 0 Å². The summed E-state index contributed by atoms with van der Waals surface area (Å²) >= 11 is 3.39. The van der Waals surface area contributed by atoms with E-state index in [0.717, 1.165) is 17.3 Å². The molecule has 1 aromatic carbocycles. The Morgan fingerprint density at radius 1 is 1.29 bits per heavy atom. The second-order valence-electron chi connectivity index (χ2n) is 5.14. The van der Waals surface area contributed by atoms with E-state index >= 15 is 0 Å². The maximum atomic E-state index is 12.4. The minimum atomic E-state index is -0.748. The normalized spacial score (nSPS) is 13.8. The van der Waals surface area contributed by atoms with Crippen molar-refractivity contribution >= 4 is 21.9 Å². The first kappa shape index (κ1) is 18.1. The second-order valence-corrected chi connectivity index (χ2v) is 5.94. The molecule has 1 aromatic rings. The van der Waals surface area contributed by atoms with Gasteiger partial charge in [-0.3, -0.25) is 4.79 Å². The van der Waals surface area contributed by atoms with Crippen molar-refractivity contribution in [2.75, 3.05) is 11.9 Å². The molecule has 0 amide bonds. The molecule has 0 aliphatic carbocycles. The molecule has 0 aromatic heterocycles. The third kappa shape index (κ3) is 4.28. The number of ether oxygens (including phenoxy) is 1. The maximum absolute atomic E-state index is 12.4. The van der Waals surface area contributed by atoms with E-state index in [2.05, 4.69) is 15.9 Å². The molecule has 5 heteroatoms. The number of rotatable bonds is 8. The van der Waals surface area contributed by atoms with Crippen LogP contribution in [0.5, 0.6) is 0 Å². The number of aliphatic hydroxyl groups is 2. The Hall–Kier alpha value is -0.910. The first-order valence-corrected chi connectivity index (χ1v) is 8.22. The number of halogens is 1. The first-order valence-electron chi connectivity index (χ1n) is 7.10. The highest BCUT2D eigenvalue weighted by Crippen LogP contribution is 2.32. The van der Waals surface area contributed by atoms with Gasteiger partial charge in [-0.15, -0.1) is 0 Å². The molecule has 0 radical (unpaired) electrons. The molecule has 1 unspecified atom stereocenters. The van der Waals surface area contributed by atoms with Gasteiger partial charge in [-0.25, -0.2) is 0 Å². The van der Waals surface area contributed by atoms with Crippen LogP contribution in [0.3, 0.4) is 0 Å². The van der Waals surface area contributed by atoms with E-state index in [1.54, 1.807) is 19.1 Å². The Kier molecular flexibility index (Phi) is 7.35. The molecular formula is C16H23BrO4. The number of hydrogen-bond acceptors (Lipinski definition) is 4. The van der Waals surface area contributed by atoms with E-state index in [1.807, 2.05) is 13.0 Å². The van der Waals surface area contributed by atoms with Crippen molar-refractivity contribution in [3.63, 3.8) is 0 Å². The molecule has 0 fully saturated rings. The summed E-state index contributed by atoms with van der Waals surface area (Å²) in [5.41, 5.74) is 1.38. The lowest BCUT2D eigenvalue weighted by molar-refractivity contribution is -0.149. The molecule has 0 saturated heterocycles. The highest BCUT2D eigenvalue weighted by Gasteiger charge is 2.36. The summed E-state index contributed by atoms with van der Waals surface area (Å²) in [6, 6.07) is 5.37. The summed E-state index contributed by atoms with van der Waals surface area (Å²) in [6.45, 7) is 3.69. The van der Waals surface area contributed by atoms with Crippen LogP contribution in [0.25, 0.3) is 0 Å². The van der Waals surface area contributed by atoms with Crippen LogP contribution in [0.1, 0.15) is 43.4 Å². The van der Waals surface area contributed by atoms with E-state index in [-0.39, 0.29) is 19.2 Å². The van der Waals surface area contributed by atoms with Crippen LogP contribution >= 0.6 is 15.9 Å². The predicted molar refractivity (Wildman–Crippen MR) is 85.3 cm³/mol. The van der Waals surface area contributed by atoms with Crippen molar-refractivity contribution in [2.45, 2.75) is 45.3 Å². The molecule has 4 nitrogen and oxygen atoms in total. The minimum Gasteiger partial charge on any atom is -0.465 e. The van der Waals surface area contributed by atoms with Crippen LogP contribution in [0.15, 0.2) is 18.2 Å². The molecule has 0 aliphatic heterocycles. The zero-order chi connectivity index (χ0) is 15.9. The van der Waals surface area contributed by atoms with Gasteiger partial charge >= 0.3 is 5.97 Å². The Labute approximate surface area is 134 Å². The summed E-state index contributed by atoms with van der Waals surface area (Å²) in [6.07, 6.45) is 1.49. The largest absolute Gasteiger partial charge is 0.465 e. The Bertz CT molecular complexity index is 475. The standard InChI is InChI=1S/C16H23BrO4/c1-3-21-15(20)16(2,7-4-8-17)14-6-5-12(10-18)13(9-14)11-19/h5-6,9,18-19H,3-4,7-8,10-11H2,1-2H3. The van der Waals surface area contributed by atoms with Gasteiger partial charge in [-0.1, -0.05) is 34.1 Å². The molecule has 2 N–H and O–H groups in total.